The van der Waals surface area contributed by atoms with E-state index in [1.165, 1.54) is 7.11 Å². The molecule has 0 saturated carbocycles. The maximum absolute atomic E-state index is 12.1. The number of hydrogen-bond acceptors (Lipinski definition) is 4. The van der Waals surface area contributed by atoms with Gasteiger partial charge in [-0.3, -0.25) is 0 Å². The molecule has 1 aromatic carbocycles. The van der Waals surface area contributed by atoms with Gasteiger partial charge in [-0.1, -0.05) is 11.6 Å². The smallest absolute Gasteiger partial charge is 0.410 e. The second-order valence-corrected chi connectivity index (χ2v) is 6.84. The van der Waals surface area contributed by atoms with Crippen LogP contribution in [0.25, 0.3) is 0 Å². The predicted octanol–water partition coefficient (Wildman–Crippen LogP) is 3.39. The summed E-state index contributed by atoms with van der Waals surface area (Å²) in [6.45, 7) is 6.03. The van der Waals surface area contributed by atoms with Gasteiger partial charge in [0.1, 0.15) is 11.4 Å². The molecule has 6 heteroatoms. The lowest BCUT2D eigenvalue weighted by atomic mass is 9.92. The Labute approximate surface area is 135 Å². The number of carbonyl (C=O) groups is 1. The van der Waals surface area contributed by atoms with Crippen LogP contribution in [-0.2, 0) is 4.74 Å². The van der Waals surface area contributed by atoms with Crippen molar-refractivity contribution in [1.29, 1.82) is 0 Å². The third-order valence-electron chi connectivity index (χ3n) is 3.53. The molecule has 1 saturated heterocycles. The molecule has 0 spiro atoms. The maximum Gasteiger partial charge on any atom is 0.410 e. The molecule has 1 amide bonds. The summed E-state index contributed by atoms with van der Waals surface area (Å²) in [5, 5.41) is 11.0. The van der Waals surface area contributed by atoms with Crippen LogP contribution in [0.5, 0.6) is 5.75 Å². The van der Waals surface area contributed by atoms with Crippen molar-refractivity contribution in [2.24, 2.45) is 0 Å². The van der Waals surface area contributed by atoms with Crippen molar-refractivity contribution in [3.05, 3.63) is 28.8 Å². The van der Waals surface area contributed by atoms with Crippen molar-refractivity contribution < 1.29 is 19.4 Å². The molecular weight excluding hydrogens is 306 g/mol. The fourth-order valence-electron chi connectivity index (χ4n) is 2.38. The molecule has 1 heterocycles. The van der Waals surface area contributed by atoms with Crippen molar-refractivity contribution in [2.75, 3.05) is 13.7 Å². The van der Waals surface area contributed by atoms with Crippen molar-refractivity contribution in [3.63, 3.8) is 0 Å². The van der Waals surface area contributed by atoms with Crippen LogP contribution >= 0.6 is 11.6 Å². The number of nitrogens with zero attached hydrogens (tertiary/aromatic N) is 1. The van der Waals surface area contributed by atoms with Crippen molar-refractivity contribution in [2.45, 2.75) is 44.9 Å². The fraction of sp³-hybridized carbons (Fsp3) is 0.562. The number of halogens is 1. The molecule has 1 aliphatic heterocycles. The first-order valence-electron chi connectivity index (χ1n) is 7.23. The van der Waals surface area contributed by atoms with E-state index in [0.29, 0.717) is 22.9 Å². The first-order chi connectivity index (χ1) is 10.2. The lowest BCUT2D eigenvalue weighted by Gasteiger charge is -2.43. The second-order valence-electron chi connectivity index (χ2n) is 6.40. The van der Waals surface area contributed by atoms with Crippen LogP contribution in [0.15, 0.2) is 18.2 Å². The maximum atomic E-state index is 12.1. The van der Waals surface area contributed by atoms with Crippen LogP contribution in [0.3, 0.4) is 0 Å². The van der Waals surface area contributed by atoms with Gasteiger partial charge >= 0.3 is 6.09 Å². The number of amides is 1. The first-order valence-corrected chi connectivity index (χ1v) is 7.61. The monoisotopic (exact) mass is 327 g/mol. The Hall–Kier alpha value is -1.46. The molecule has 0 aromatic heterocycles. The highest BCUT2D eigenvalue weighted by molar-refractivity contribution is 6.30. The van der Waals surface area contributed by atoms with E-state index in [4.69, 9.17) is 21.1 Å². The van der Waals surface area contributed by atoms with E-state index in [2.05, 4.69) is 0 Å². The molecule has 1 aromatic rings. The van der Waals surface area contributed by atoms with Crippen LogP contribution in [0, 0.1) is 0 Å². The molecule has 0 bridgehead atoms. The molecule has 1 unspecified atom stereocenters. The van der Waals surface area contributed by atoms with Gasteiger partial charge in [0, 0.05) is 11.6 Å². The van der Waals surface area contributed by atoms with Gasteiger partial charge in [0.05, 0.1) is 19.3 Å². The van der Waals surface area contributed by atoms with E-state index >= 15 is 0 Å². The normalized spacial score (nSPS) is 19.4. The minimum absolute atomic E-state index is 0.307. The van der Waals surface area contributed by atoms with E-state index in [1.54, 1.807) is 23.1 Å². The van der Waals surface area contributed by atoms with E-state index in [1.807, 2.05) is 20.8 Å². The third kappa shape index (κ3) is 3.84. The molecule has 2 atom stereocenters. The molecule has 22 heavy (non-hydrogen) atoms. The van der Waals surface area contributed by atoms with Crippen molar-refractivity contribution in [3.8, 4) is 5.75 Å². The van der Waals surface area contributed by atoms with Crippen molar-refractivity contribution in [1.82, 2.24) is 4.90 Å². The zero-order chi connectivity index (χ0) is 16.5. The lowest BCUT2D eigenvalue weighted by molar-refractivity contribution is -0.0409. The summed E-state index contributed by atoms with van der Waals surface area (Å²) in [5.74, 6) is 0.574. The molecule has 5 nitrogen and oxygen atoms in total. The number of benzene rings is 1. The van der Waals surface area contributed by atoms with Gasteiger partial charge in [-0.25, -0.2) is 4.79 Å². The summed E-state index contributed by atoms with van der Waals surface area (Å²) >= 11 is 6.03. The quantitative estimate of drug-likeness (QED) is 0.924. The molecule has 1 N–H and O–H groups in total. The van der Waals surface area contributed by atoms with E-state index < -0.39 is 17.8 Å². The summed E-state index contributed by atoms with van der Waals surface area (Å²) in [7, 11) is 1.54. The summed E-state index contributed by atoms with van der Waals surface area (Å²) in [6, 6.07) is 4.77. The number of rotatable bonds is 3. The summed E-state index contributed by atoms with van der Waals surface area (Å²) < 4.78 is 10.5. The molecule has 0 radical (unpaired) electrons. The van der Waals surface area contributed by atoms with Gasteiger partial charge < -0.3 is 19.5 Å². The van der Waals surface area contributed by atoms with Crippen LogP contribution < -0.4 is 4.74 Å². The lowest BCUT2D eigenvalue weighted by Crippen LogP contribution is -2.55. The summed E-state index contributed by atoms with van der Waals surface area (Å²) in [6.07, 6.45) is -0.513. The van der Waals surface area contributed by atoms with E-state index in [0.717, 1.165) is 6.42 Å². The Morgan fingerprint density at radius 2 is 2.09 bits per heavy atom. The number of hydrogen-bond donors (Lipinski definition) is 1. The number of aliphatic hydroxyl groups excluding tert-OH is 1. The van der Waals surface area contributed by atoms with Gasteiger partial charge in [-0.2, -0.15) is 0 Å². The highest BCUT2D eigenvalue weighted by Crippen LogP contribution is 2.34. The Morgan fingerprint density at radius 1 is 1.41 bits per heavy atom. The zero-order valence-corrected chi connectivity index (χ0v) is 14.1. The average molecular weight is 328 g/mol. The van der Waals surface area contributed by atoms with E-state index in [-0.39, 0.29) is 6.04 Å². The van der Waals surface area contributed by atoms with Crippen molar-refractivity contribution >= 4 is 17.7 Å². The number of carbonyl (C=O) groups excluding carboxylic acids is 1. The Kier molecular flexibility index (Phi) is 4.87. The first kappa shape index (κ1) is 16.9. The molecule has 2 rings (SSSR count). The molecular formula is C16H22ClNO4. The van der Waals surface area contributed by atoms with E-state index in [9.17, 15) is 9.90 Å². The van der Waals surface area contributed by atoms with Gasteiger partial charge in [0.2, 0.25) is 0 Å². The zero-order valence-electron chi connectivity index (χ0n) is 13.3. The minimum atomic E-state index is -0.825. The molecule has 1 aliphatic rings. The van der Waals surface area contributed by atoms with Crippen LogP contribution in [0.1, 0.15) is 38.9 Å². The third-order valence-corrected chi connectivity index (χ3v) is 3.75. The number of methoxy groups -OCH3 is 1. The molecule has 0 aliphatic carbocycles. The fourth-order valence-corrected chi connectivity index (χ4v) is 2.61. The van der Waals surface area contributed by atoms with Crippen LogP contribution in [-0.4, -0.2) is 41.4 Å². The average Bonchev–Trinajstić information content (AvgIpc) is 2.34. The van der Waals surface area contributed by atoms with Crippen LogP contribution in [0.4, 0.5) is 4.79 Å². The van der Waals surface area contributed by atoms with Crippen LogP contribution in [0.2, 0.25) is 5.02 Å². The van der Waals surface area contributed by atoms with Gasteiger partial charge in [0.15, 0.2) is 0 Å². The number of likely N-dealkylation sites (tertiary alicyclic amines) is 1. The van der Waals surface area contributed by atoms with Gasteiger partial charge in [0.25, 0.3) is 0 Å². The SMILES string of the molecule is COc1cc(Cl)cc(C(O)[C@H]2CCN2C(=O)OC(C)(C)C)c1. The second kappa shape index (κ2) is 6.34. The standard InChI is InChI=1S/C16H22ClNO4/c1-16(2,3)22-15(20)18-6-5-13(18)14(19)10-7-11(17)9-12(8-10)21-4/h7-9,13-14,19H,5-6H2,1-4H3/t13-,14?/m1/s1. The largest absolute Gasteiger partial charge is 0.497 e. The molecule has 122 valence electrons. The number of aliphatic hydroxyl groups is 1. The Morgan fingerprint density at radius 3 is 2.59 bits per heavy atom. The summed E-state index contributed by atoms with van der Waals surface area (Å²) in [5.41, 5.74) is 0.0733. The number of ether oxygens (including phenoxy) is 2. The Balaban J connectivity index is 2.11. The predicted molar refractivity (Wildman–Crippen MR) is 84.3 cm³/mol. The van der Waals surface area contributed by atoms with Gasteiger partial charge in [-0.05, 0) is 51.0 Å². The molecule has 1 fully saturated rings. The minimum Gasteiger partial charge on any atom is -0.497 e. The highest BCUT2D eigenvalue weighted by atomic mass is 35.5. The summed E-state index contributed by atoms with van der Waals surface area (Å²) in [4.78, 5) is 13.7. The highest BCUT2D eigenvalue weighted by Gasteiger charge is 2.40. The van der Waals surface area contributed by atoms with Gasteiger partial charge in [-0.15, -0.1) is 0 Å². The topological polar surface area (TPSA) is 59.0 Å². The Bertz CT molecular complexity index is 556.